The number of benzene rings is 1. The summed E-state index contributed by atoms with van der Waals surface area (Å²) in [4.78, 5) is 0. The van der Waals surface area contributed by atoms with Crippen molar-refractivity contribution < 1.29 is 4.74 Å². The molecule has 2 rings (SSSR count). The molecule has 1 saturated heterocycles. The van der Waals surface area contributed by atoms with Crippen LogP contribution in [0, 0.1) is 0 Å². The van der Waals surface area contributed by atoms with Gasteiger partial charge in [-0.2, -0.15) is 11.8 Å². The largest absolute Gasteiger partial charge is 0.497 e. The van der Waals surface area contributed by atoms with Crippen LogP contribution in [0.2, 0.25) is 0 Å². The summed E-state index contributed by atoms with van der Waals surface area (Å²) < 4.78 is 5.24. The number of hydrogen-bond donors (Lipinski definition) is 2. The fourth-order valence-corrected chi connectivity index (χ4v) is 3.65. The van der Waals surface area contributed by atoms with Crippen molar-refractivity contribution in [3.8, 4) is 5.75 Å². The Labute approximate surface area is 107 Å². The van der Waals surface area contributed by atoms with E-state index in [1.807, 2.05) is 23.9 Å². The lowest BCUT2D eigenvalue weighted by atomic mass is 10.0. The number of ether oxygens (including phenoxy) is 1. The minimum atomic E-state index is 0.356. The Morgan fingerprint density at radius 3 is 3.12 bits per heavy atom. The summed E-state index contributed by atoms with van der Waals surface area (Å²) in [6.07, 6.45) is 3.54. The number of hydrazine groups is 1. The van der Waals surface area contributed by atoms with Crippen molar-refractivity contribution in [3.05, 3.63) is 29.8 Å². The van der Waals surface area contributed by atoms with Crippen LogP contribution in [-0.2, 0) is 6.42 Å². The van der Waals surface area contributed by atoms with E-state index < -0.39 is 0 Å². The van der Waals surface area contributed by atoms with Gasteiger partial charge < -0.3 is 4.74 Å². The monoisotopic (exact) mass is 252 g/mol. The Balaban J connectivity index is 2.01. The summed E-state index contributed by atoms with van der Waals surface area (Å²) in [5, 5.41) is 0.645. The van der Waals surface area contributed by atoms with Crippen molar-refractivity contribution in [3.63, 3.8) is 0 Å². The second-order valence-corrected chi connectivity index (χ2v) is 5.73. The van der Waals surface area contributed by atoms with Gasteiger partial charge in [0, 0.05) is 11.3 Å². The lowest BCUT2D eigenvalue weighted by molar-refractivity contribution is 0.413. The molecule has 2 unspecified atom stereocenters. The van der Waals surface area contributed by atoms with Crippen LogP contribution in [0.15, 0.2) is 24.3 Å². The third kappa shape index (κ3) is 3.37. The molecule has 94 valence electrons. The van der Waals surface area contributed by atoms with Gasteiger partial charge in [-0.15, -0.1) is 0 Å². The van der Waals surface area contributed by atoms with Gasteiger partial charge in [0.25, 0.3) is 0 Å². The predicted octanol–water partition coefficient (Wildman–Crippen LogP) is 1.97. The molecule has 1 aromatic carbocycles. The Morgan fingerprint density at radius 1 is 1.59 bits per heavy atom. The second-order valence-electron chi connectivity index (χ2n) is 4.38. The van der Waals surface area contributed by atoms with Gasteiger partial charge in [-0.3, -0.25) is 11.3 Å². The first-order valence-electron chi connectivity index (χ1n) is 6.04. The van der Waals surface area contributed by atoms with Gasteiger partial charge in [0.1, 0.15) is 5.75 Å². The minimum absolute atomic E-state index is 0.356. The summed E-state index contributed by atoms with van der Waals surface area (Å²) in [5.41, 5.74) is 4.25. The van der Waals surface area contributed by atoms with Crippen molar-refractivity contribution in [2.24, 2.45) is 5.84 Å². The molecule has 3 nitrogen and oxygen atoms in total. The normalized spacial score (nSPS) is 21.4. The zero-order valence-corrected chi connectivity index (χ0v) is 11.0. The summed E-state index contributed by atoms with van der Waals surface area (Å²) in [6, 6.07) is 8.58. The van der Waals surface area contributed by atoms with Crippen LogP contribution in [0.3, 0.4) is 0 Å². The van der Waals surface area contributed by atoms with Gasteiger partial charge in [0.15, 0.2) is 0 Å². The van der Waals surface area contributed by atoms with Crippen LogP contribution in [0.1, 0.15) is 18.4 Å². The zero-order chi connectivity index (χ0) is 12.1. The van der Waals surface area contributed by atoms with Crippen molar-refractivity contribution in [1.82, 2.24) is 5.43 Å². The lowest BCUT2D eigenvalue weighted by Crippen LogP contribution is -2.43. The number of methoxy groups -OCH3 is 1. The van der Waals surface area contributed by atoms with Gasteiger partial charge in [-0.05, 0) is 42.7 Å². The van der Waals surface area contributed by atoms with Crippen molar-refractivity contribution >= 4 is 11.8 Å². The topological polar surface area (TPSA) is 47.3 Å². The van der Waals surface area contributed by atoms with Gasteiger partial charge in [0.05, 0.1) is 7.11 Å². The SMILES string of the molecule is COc1cccc(CC(NN)C2CCCS2)c1. The van der Waals surface area contributed by atoms with Crippen LogP contribution in [-0.4, -0.2) is 24.2 Å². The van der Waals surface area contributed by atoms with E-state index >= 15 is 0 Å². The Kier molecular flexibility index (Phi) is 4.71. The van der Waals surface area contributed by atoms with Crippen LogP contribution in [0.5, 0.6) is 5.75 Å². The fraction of sp³-hybridized carbons (Fsp3) is 0.538. The molecular formula is C13H20N2OS. The van der Waals surface area contributed by atoms with Gasteiger partial charge in [0.2, 0.25) is 0 Å². The predicted molar refractivity (Wildman–Crippen MR) is 73.3 cm³/mol. The first-order chi connectivity index (χ1) is 8.33. The fourth-order valence-electron chi connectivity index (χ4n) is 2.27. The molecule has 3 N–H and O–H groups in total. The highest BCUT2D eigenvalue weighted by Crippen LogP contribution is 2.30. The van der Waals surface area contributed by atoms with E-state index in [-0.39, 0.29) is 0 Å². The molecule has 0 bridgehead atoms. The van der Waals surface area contributed by atoms with Crippen LogP contribution >= 0.6 is 11.8 Å². The van der Waals surface area contributed by atoms with Crippen molar-refractivity contribution in [2.45, 2.75) is 30.6 Å². The standard InChI is InChI=1S/C13H20N2OS/c1-16-11-5-2-4-10(8-11)9-12(15-14)13-6-3-7-17-13/h2,4-5,8,12-13,15H,3,6-7,9,14H2,1H3. The highest BCUT2D eigenvalue weighted by Gasteiger charge is 2.24. The number of nitrogens with two attached hydrogens (primary N) is 1. The van der Waals surface area contributed by atoms with Crippen LogP contribution in [0.4, 0.5) is 0 Å². The Morgan fingerprint density at radius 2 is 2.47 bits per heavy atom. The Hall–Kier alpha value is -0.710. The smallest absolute Gasteiger partial charge is 0.119 e. The third-order valence-corrected chi connectivity index (χ3v) is 4.73. The first-order valence-corrected chi connectivity index (χ1v) is 7.09. The van der Waals surface area contributed by atoms with E-state index in [0.29, 0.717) is 11.3 Å². The van der Waals surface area contributed by atoms with Crippen LogP contribution < -0.4 is 16.0 Å². The minimum Gasteiger partial charge on any atom is -0.497 e. The van der Waals surface area contributed by atoms with E-state index in [1.54, 1.807) is 7.11 Å². The number of rotatable bonds is 5. The molecule has 4 heteroatoms. The molecule has 0 spiro atoms. The first kappa shape index (κ1) is 12.7. The molecule has 0 aromatic heterocycles. The maximum Gasteiger partial charge on any atom is 0.119 e. The number of hydrogen-bond acceptors (Lipinski definition) is 4. The maximum absolute atomic E-state index is 5.68. The number of thioether (sulfide) groups is 1. The van der Waals surface area contributed by atoms with E-state index in [9.17, 15) is 0 Å². The highest BCUT2D eigenvalue weighted by molar-refractivity contribution is 8.00. The number of nitrogens with one attached hydrogen (secondary N) is 1. The summed E-state index contributed by atoms with van der Waals surface area (Å²) in [5.74, 6) is 7.86. The van der Waals surface area contributed by atoms with Gasteiger partial charge >= 0.3 is 0 Å². The zero-order valence-electron chi connectivity index (χ0n) is 10.2. The molecule has 0 aliphatic carbocycles. The molecule has 1 heterocycles. The molecule has 0 radical (unpaired) electrons. The van der Waals surface area contributed by atoms with E-state index in [0.717, 1.165) is 12.2 Å². The highest BCUT2D eigenvalue weighted by atomic mass is 32.2. The van der Waals surface area contributed by atoms with Crippen molar-refractivity contribution in [2.75, 3.05) is 12.9 Å². The molecular weight excluding hydrogens is 232 g/mol. The average molecular weight is 252 g/mol. The molecule has 0 saturated carbocycles. The van der Waals surface area contributed by atoms with E-state index in [2.05, 4.69) is 17.6 Å². The van der Waals surface area contributed by atoms with E-state index in [1.165, 1.54) is 24.2 Å². The van der Waals surface area contributed by atoms with Gasteiger partial charge in [-0.25, -0.2) is 0 Å². The third-order valence-electron chi connectivity index (χ3n) is 3.22. The molecule has 1 aliphatic rings. The molecule has 2 atom stereocenters. The molecule has 0 amide bonds. The summed E-state index contributed by atoms with van der Waals surface area (Å²) >= 11 is 2.03. The van der Waals surface area contributed by atoms with Gasteiger partial charge in [-0.1, -0.05) is 12.1 Å². The summed E-state index contributed by atoms with van der Waals surface area (Å²) in [7, 11) is 1.70. The molecule has 1 aliphatic heterocycles. The summed E-state index contributed by atoms with van der Waals surface area (Å²) in [6.45, 7) is 0. The quantitative estimate of drug-likeness (QED) is 0.621. The van der Waals surface area contributed by atoms with Crippen LogP contribution in [0.25, 0.3) is 0 Å². The molecule has 17 heavy (non-hydrogen) atoms. The molecule has 1 fully saturated rings. The lowest BCUT2D eigenvalue weighted by Gasteiger charge is -2.22. The molecule has 1 aromatic rings. The average Bonchev–Trinajstić information content (AvgIpc) is 2.90. The second kappa shape index (κ2) is 6.28. The van der Waals surface area contributed by atoms with E-state index in [4.69, 9.17) is 10.6 Å². The Bertz CT molecular complexity index is 353. The van der Waals surface area contributed by atoms with Crippen molar-refractivity contribution in [1.29, 1.82) is 0 Å². The maximum atomic E-state index is 5.68.